The van der Waals surface area contributed by atoms with Gasteiger partial charge in [-0.3, -0.25) is 19.7 Å². The fraction of sp³-hybridized carbons (Fsp3) is 0.217. The van der Waals surface area contributed by atoms with Crippen LogP contribution in [0.4, 0.5) is 0 Å². The molecule has 8 heteroatoms. The van der Waals surface area contributed by atoms with E-state index in [0.717, 1.165) is 11.1 Å². The fourth-order valence-corrected chi connectivity index (χ4v) is 2.49. The molecule has 3 amide bonds. The molecule has 0 bridgehead atoms. The second kappa shape index (κ2) is 11.9. The zero-order valence-corrected chi connectivity index (χ0v) is 17.3. The van der Waals surface area contributed by atoms with Crippen LogP contribution in [0.5, 0.6) is 5.75 Å². The van der Waals surface area contributed by atoms with Gasteiger partial charge in [0.2, 0.25) is 11.8 Å². The summed E-state index contributed by atoms with van der Waals surface area (Å²) < 4.78 is 9.91. The Kier molecular flexibility index (Phi) is 8.97. The molecule has 0 radical (unpaired) electrons. The highest BCUT2D eigenvalue weighted by molar-refractivity contribution is 5.98. The highest BCUT2D eigenvalue weighted by Gasteiger charge is 2.18. The monoisotopic (exact) mass is 424 g/mol. The Morgan fingerprint density at radius 2 is 1.65 bits per heavy atom. The van der Waals surface area contributed by atoms with Gasteiger partial charge in [0, 0.05) is 6.08 Å². The van der Waals surface area contributed by atoms with E-state index in [1.165, 1.54) is 13.0 Å². The average molecular weight is 424 g/mol. The fourth-order valence-electron chi connectivity index (χ4n) is 2.49. The molecule has 2 N–H and O–H groups in total. The second-order valence-corrected chi connectivity index (χ2v) is 6.58. The van der Waals surface area contributed by atoms with E-state index in [4.69, 9.17) is 9.47 Å². The van der Waals surface area contributed by atoms with Gasteiger partial charge in [-0.15, -0.1) is 0 Å². The normalized spacial score (nSPS) is 11.4. The molecule has 1 atom stereocenters. The molecule has 2 rings (SSSR count). The maximum Gasteiger partial charge on any atom is 0.328 e. The van der Waals surface area contributed by atoms with Gasteiger partial charge < -0.3 is 14.8 Å². The van der Waals surface area contributed by atoms with Crippen molar-refractivity contribution in [2.24, 2.45) is 0 Å². The zero-order chi connectivity index (χ0) is 22.6. The number of carbonyl (C=O) groups excluding carboxylic acids is 4. The number of esters is 1. The van der Waals surface area contributed by atoms with E-state index in [1.807, 2.05) is 6.07 Å². The van der Waals surface area contributed by atoms with Gasteiger partial charge in [-0.1, -0.05) is 42.5 Å². The van der Waals surface area contributed by atoms with Gasteiger partial charge in [-0.2, -0.15) is 0 Å². The summed E-state index contributed by atoms with van der Waals surface area (Å²) in [7, 11) is 1.56. The molecule has 0 saturated heterocycles. The minimum absolute atomic E-state index is 0.0352. The topological polar surface area (TPSA) is 111 Å². The maximum absolute atomic E-state index is 12.0. The van der Waals surface area contributed by atoms with Crippen LogP contribution >= 0.6 is 0 Å². The van der Waals surface area contributed by atoms with Crippen LogP contribution in [0.3, 0.4) is 0 Å². The molecule has 0 aliphatic rings. The summed E-state index contributed by atoms with van der Waals surface area (Å²) in [4.78, 5) is 47.5. The molecule has 31 heavy (non-hydrogen) atoms. The Morgan fingerprint density at radius 3 is 2.29 bits per heavy atom. The van der Waals surface area contributed by atoms with Gasteiger partial charge in [0.05, 0.1) is 13.5 Å². The third-order valence-electron chi connectivity index (χ3n) is 4.09. The van der Waals surface area contributed by atoms with Crippen LogP contribution in [-0.4, -0.2) is 43.4 Å². The minimum atomic E-state index is -0.971. The predicted molar refractivity (Wildman–Crippen MR) is 114 cm³/mol. The van der Waals surface area contributed by atoms with Gasteiger partial charge in [0.25, 0.3) is 5.91 Å². The lowest BCUT2D eigenvalue weighted by molar-refractivity contribution is -0.151. The van der Waals surface area contributed by atoms with Crippen molar-refractivity contribution in [1.29, 1.82) is 0 Å². The molecule has 0 unspecified atom stereocenters. The van der Waals surface area contributed by atoms with E-state index in [2.05, 4.69) is 10.6 Å². The quantitative estimate of drug-likeness (QED) is 0.468. The summed E-state index contributed by atoms with van der Waals surface area (Å²) in [6, 6.07) is 15.0. The van der Waals surface area contributed by atoms with Crippen LogP contribution in [0, 0.1) is 0 Å². The first-order valence-electron chi connectivity index (χ1n) is 9.53. The van der Waals surface area contributed by atoms with Crippen molar-refractivity contribution in [3.63, 3.8) is 0 Å². The summed E-state index contributed by atoms with van der Waals surface area (Å²) >= 11 is 0. The SMILES string of the molecule is COc1ccc(/C=C/C(=O)N[C@@H](C)C(=O)OCC(=O)NC(=O)Cc2ccccc2)cc1. The van der Waals surface area contributed by atoms with Crippen molar-refractivity contribution >= 4 is 29.8 Å². The van der Waals surface area contributed by atoms with Crippen LogP contribution in [0.2, 0.25) is 0 Å². The average Bonchev–Trinajstić information content (AvgIpc) is 2.76. The van der Waals surface area contributed by atoms with E-state index >= 15 is 0 Å². The van der Waals surface area contributed by atoms with Crippen LogP contribution < -0.4 is 15.4 Å². The number of nitrogens with one attached hydrogen (secondary N) is 2. The highest BCUT2D eigenvalue weighted by Crippen LogP contribution is 2.12. The number of imide groups is 1. The van der Waals surface area contributed by atoms with Gasteiger partial charge >= 0.3 is 5.97 Å². The first-order chi connectivity index (χ1) is 14.9. The van der Waals surface area contributed by atoms with Crippen molar-refractivity contribution in [1.82, 2.24) is 10.6 Å². The smallest absolute Gasteiger partial charge is 0.328 e. The summed E-state index contributed by atoms with van der Waals surface area (Å²) in [5.41, 5.74) is 1.53. The number of methoxy groups -OCH3 is 1. The van der Waals surface area contributed by atoms with Crippen molar-refractivity contribution in [3.05, 3.63) is 71.8 Å². The van der Waals surface area contributed by atoms with Crippen molar-refractivity contribution in [3.8, 4) is 5.75 Å². The van der Waals surface area contributed by atoms with Crippen LogP contribution in [0.15, 0.2) is 60.7 Å². The van der Waals surface area contributed by atoms with Crippen molar-refractivity contribution < 1.29 is 28.7 Å². The van der Waals surface area contributed by atoms with E-state index in [0.29, 0.717) is 5.75 Å². The van der Waals surface area contributed by atoms with Crippen LogP contribution in [-0.2, 0) is 30.3 Å². The molecular weight excluding hydrogens is 400 g/mol. The van der Waals surface area contributed by atoms with E-state index in [-0.39, 0.29) is 6.42 Å². The number of amides is 3. The van der Waals surface area contributed by atoms with Crippen molar-refractivity contribution in [2.75, 3.05) is 13.7 Å². The maximum atomic E-state index is 12.0. The second-order valence-electron chi connectivity index (χ2n) is 6.58. The third kappa shape index (κ3) is 8.53. The zero-order valence-electron chi connectivity index (χ0n) is 17.3. The molecule has 2 aromatic rings. The van der Waals surface area contributed by atoms with Gasteiger partial charge in [-0.25, -0.2) is 4.79 Å². The molecule has 0 aromatic heterocycles. The molecule has 0 spiro atoms. The highest BCUT2D eigenvalue weighted by atomic mass is 16.5. The number of hydrogen-bond acceptors (Lipinski definition) is 6. The summed E-state index contributed by atoms with van der Waals surface area (Å²) in [6.45, 7) is 0.807. The first kappa shape index (κ1) is 23.3. The Labute approximate surface area is 180 Å². The largest absolute Gasteiger partial charge is 0.497 e. The Morgan fingerprint density at radius 1 is 0.968 bits per heavy atom. The minimum Gasteiger partial charge on any atom is -0.497 e. The Balaban J connectivity index is 1.71. The first-order valence-corrected chi connectivity index (χ1v) is 9.53. The molecule has 0 fully saturated rings. The summed E-state index contributed by atoms with van der Waals surface area (Å²) in [6.07, 6.45) is 2.90. The van der Waals surface area contributed by atoms with Crippen LogP contribution in [0.25, 0.3) is 6.08 Å². The van der Waals surface area contributed by atoms with Crippen molar-refractivity contribution in [2.45, 2.75) is 19.4 Å². The Hall–Kier alpha value is -3.94. The van der Waals surface area contributed by atoms with Gasteiger partial charge in [-0.05, 0) is 36.3 Å². The van der Waals surface area contributed by atoms with E-state index < -0.39 is 36.3 Å². The number of hydrogen-bond donors (Lipinski definition) is 2. The van der Waals surface area contributed by atoms with E-state index in [1.54, 1.807) is 61.7 Å². The number of carbonyl (C=O) groups is 4. The molecule has 2 aromatic carbocycles. The lowest BCUT2D eigenvalue weighted by atomic mass is 10.1. The lowest BCUT2D eigenvalue weighted by Gasteiger charge is -2.12. The van der Waals surface area contributed by atoms with Gasteiger partial charge in [0.15, 0.2) is 6.61 Å². The van der Waals surface area contributed by atoms with Gasteiger partial charge in [0.1, 0.15) is 11.8 Å². The molecular formula is C23H24N2O6. The molecule has 0 aliphatic heterocycles. The Bertz CT molecular complexity index is 938. The molecule has 8 nitrogen and oxygen atoms in total. The molecule has 162 valence electrons. The predicted octanol–water partition coefficient (Wildman–Crippen LogP) is 1.64. The number of rotatable bonds is 9. The number of benzene rings is 2. The van der Waals surface area contributed by atoms with Crippen LogP contribution in [0.1, 0.15) is 18.1 Å². The lowest BCUT2D eigenvalue weighted by Crippen LogP contribution is -2.41. The summed E-state index contributed by atoms with van der Waals surface area (Å²) in [5, 5.41) is 4.59. The standard InChI is InChI=1S/C23H24N2O6/c1-16(24-20(26)13-10-17-8-11-19(30-2)12-9-17)23(29)31-15-22(28)25-21(27)14-18-6-4-3-5-7-18/h3-13,16H,14-15H2,1-2H3,(H,24,26)(H,25,27,28)/b13-10+/t16-/m0/s1. The molecule has 0 heterocycles. The molecule has 0 saturated carbocycles. The van der Waals surface area contributed by atoms with E-state index in [9.17, 15) is 19.2 Å². The third-order valence-corrected chi connectivity index (χ3v) is 4.09. The number of ether oxygens (including phenoxy) is 2. The molecule has 0 aliphatic carbocycles. The summed E-state index contributed by atoms with van der Waals surface area (Å²) in [5.74, 6) is -1.84.